The van der Waals surface area contributed by atoms with Gasteiger partial charge in [0.15, 0.2) is 0 Å². The van der Waals surface area contributed by atoms with Gasteiger partial charge in [-0.15, -0.1) is 0 Å². The van der Waals surface area contributed by atoms with E-state index in [0.717, 1.165) is 0 Å². The van der Waals surface area contributed by atoms with Gasteiger partial charge >= 0.3 is 0 Å². The number of nitrogens with zero attached hydrogens (tertiary/aromatic N) is 3. The van der Waals surface area contributed by atoms with Crippen LogP contribution in [0.1, 0.15) is 0 Å². The maximum Gasteiger partial charge on any atom is 0.119 e. The standard InChI is InChI=1S/C3H3N3.2Na/c1-4-2-6-3-5-1;;/h1-3H;;. The first kappa shape index (κ1) is 11.8. The van der Waals surface area contributed by atoms with E-state index in [2.05, 4.69) is 15.0 Å². The van der Waals surface area contributed by atoms with Crippen LogP contribution in [0.2, 0.25) is 0 Å². The van der Waals surface area contributed by atoms with Gasteiger partial charge in [-0.1, -0.05) is 0 Å². The summed E-state index contributed by atoms with van der Waals surface area (Å²) < 4.78 is 0. The van der Waals surface area contributed by atoms with Crippen molar-refractivity contribution < 1.29 is 0 Å². The van der Waals surface area contributed by atoms with Crippen LogP contribution >= 0.6 is 0 Å². The van der Waals surface area contributed by atoms with Gasteiger partial charge in [-0.3, -0.25) is 0 Å². The molecule has 0 bridgehead atoms. The minimum atomic E-state index is 0. The Hall–Kier alpha value is 1.01. The van der Waals surface area contributed by atoms with Crippen LogP contribution in [0.3, 0.4) is 0 Å². The fourth-order valence-corrected chi connectivity index (χ4v) is 0.205. The van der Waals surface area contributed by atoms with Gasteiger partial charge in [-0.05, 0) is 0 Å². The van der Waals surface area contributed by atoms with Gasteiger partial charge in [0, 0.05) is 59.1 Å². The van der Waals surface area contributed by atoms with Crippen molar-refractivity contribution in [1.82, 2.24) is 15.0 Å². The Kier molecular flexibility index (Phi) is 11.8. The van der Waals surface area contributed by atoms with E-state index in [4.69, 9.17) is 0 Å². The fourth-order valence-electron chi connectivity index (χ4n) is 0.205. The van der Waals surface area contributed by atoms with Gasteiger partial charge in [0.05, 0.1) is 0 Å². The third kappa shape index (κ3) is 5.15. The summed E-state index contributed by atoms with van der Waals surface area (Å²) in [6.07, 6.45) is 4.31. The second-order valence-corrected chi connectivity index (χ2v) is 0.794. The van der Waals surface area contributed by atoms with Crippen molar-refractivity contribution in [2.24, 2.45) is 0 Å². The maximum absolute atomic E-state index is 3.56. The van der Waals surface area contributed by atoms with Crippen LogP contribution in [0, 0.1) is 0 Å². The summed E-state index contributed by atoms with van der Waals surface area (Å²) >= 11 is 0. The molecule has 0 aliphatic rings. The molecule has 0 aliphatic carbocycles. The summed E-state index contributed by atoms with van der Waals surface area (Å²) in [5, 5.41) is 0. The maximum atomic E-state index is 3.56. The van der Waals surface area contributed by atoms with Crippen LogP contribution in [0.25, 0.3) is 0 Å². The van der Waals surface area contributed by atoms with E-state index in [1.807, 2.05) is 0 Å². The molecule has 5 heteroatoms. The van der Waals surface area contributed by atoms with Gasteiger partial charge in [0.1, 0.15) is 19.0 Å². The minimum absolute atomic E-state index is 0. The Morgan fingerprint density at radius 1 is 0.625 bits per heavy atom. The van der Waals surface area contributed by atoms with Crippen LogP contribution in [0.5, 0.6) is 0 Å². The third-order valence-electron chi connectivity index (χ3n) is 0.400. The molecule has 1 heterocycles. The zero-order valence-corrected chi connectivity index (χ0v) is 9.07. The summed E-state index contributed by atoms with van der Waals surface area (Å²) in [5.74, 6) is 0. The summed E-state index contributed by atoms with van der Waals surface area (Å²) in [6.45, 7) is 0. The Morgan fingerprint density at radius 3 is 1.00 bits per heavy atom. The van der Waals surface area contributed by atoms with Gasteiger partial charge in [0.25, 0.3) is 0 Å². The molecular weight excluding hydrogens is 124 g/mol. The van der Waals surface area contributed by atoms with Crippen molar-refractivity contribution in [3.05, 3.63) is 19.0 Å². The molecule has 0 N–H and O–H groups in total. The molecule has 3 nitrogen and oxygen atoms in total. The average Bonchev–Trinajstić information content (AvgIpc) is 1.72. The zero-order valence-electron chi connectivity index (χ0n) is 5.07. The second kappa shape index (κ2) is 8.01. The molecule has 0 amide bonds. The van der Waals surface area contributed by atoms with Crippen molar-refractivity contribution in [1.29, 1.82) is 0 Å². The largest absolute Gasteiger partial charge is 0.225 e. The SMILES string of the molecule is [Na].[Na].c1ncncn1. The molecule has 0 atom stereocenters. The number of hydrogen-bond acceptors (Lipinski definition) is 3. The van der Waals surface area contributed by atoms with E-state index in [1.54, 1.807) is 0 Å². The van der Waals surface area contributed by atoms with Crippen LogP contribution in [0.4, 0.5) is 0 Å². The molecule has 1 aromatic heterocycles. The van der Waals surface area contributed by atoms with E-state index in [-0.39, 0.29) is 59.1 Å². The smallest absolute Gasteiger partial charge is 0.119 e. The van der Waals surface area contributed by atoms with Gasteiger partial charge in [-0.25, -0.2) is 15.0 Å². The Balaban J connectivity index is 0. The number of rotatable bonds is 0. The fraction of sp³-hybridized carbons (Fsp3) is 0. The van der Waals surface area contributed by atoms with Crippen molar-refractivity contribution in [3.63, 3.8) is 0 Å². The molecule has 8 heavy (non-hydrogen) atoms. The second-order valence-electron chi connectivity index (χ2n) is 0.794. The van der Waals surface area contributed by atoms with Gasteiger partial charge in [0.2, 0.25) is 0 Å². The Morgan fingerprint density at radius 2 is 0.875 bits per heavy atom. The van der Waals surface area contributed by atoms with Crippen molar-refractivity contribution in [3.8, 4) is 0 Å². The molecule has 0 aromatic carbocycles. The molecule has 0 saturated heterocycles. The predicted octanol–water partition coefficient (Wildman–Crippen LogP) is -0.890. The van der Waals surface area contributed by atoms with Crippen LogP contribution in [0.15, 0.2) is 19.0 Å². The van der Waals surface area contributed by atoms with E-state index < -0.39 is 0 Å². The molecule has 2 radical (unpaired) electrons. The van der Waals surface area contributed by atoms with E-state index in [1.165, 1.54) is 19.0 Å². The van der Waals surface area contributed by atoms with Crippen LogP contribution in [-0.4, -0.2) is 74.1 Å². The quantitative estimate of drug-likeness (QED) is 0.424. The van der Waals surface area contributed by atoms with Gasteiger partial charge < -0.3 is 0 Å². The first-order valence-electron chi connectivity index (χ1n) is 1.55. The monoisotopic (exact) mass is 127 g/mol. The van der Waals surface area contributed by atoms with Crippen molar-refractivity contribution >= 4 is 59.1 Å². The normalized spacial score (nSPS) is 6.00. The number of aromatic nitrogens is 3. The predicted molar refractivity (Wildman–Crippen MR) is 31.3 cm³/mol. The van der Waals surface area contributed by atoms with E-state index in [0.29, 0.717) is 0 Å². The van der Waals surface area contributed by atoms with Gasteiger partial charge in [-0.2, -0.15) is 0 Å². The van der Waals surface area contributed by atoms with E-state index >= 15 is 0 Å². The molecular formula is C3H3N3Na2. The molecule has 1 aromatic rings. The Labute approximate surface area is 91.9 Å². The first-order chi connectivity index (χ1) is 3.00. The van der Waals surface area contributed by atoms with Crippen LogP contribution < -0.4 is 0 Å². The van der Waals surface area contributed by atoms with Crippen molar-refractivity contribution in [2.45, 2.75) is 0 Å². The molecule has 32 valence electrons. The van der Waals surface area contributed by atoms with Crippen LogP contribution in [-0.2, 0) is 0 Å². The third-order valence-corrected chi connectivity index (χ3v) is 0.400. The molecule has 1 rings (SSSR count). The summed E-state index contributed by atoms with van der Waals surface area (Å²) in [4.78, 5) is 10.7. The topological polar surface area (TPSA) is 38.7 Å². The molecule has 0 saturated carbocycles. The molecule has 0 aliphatic heterocycles. The molecule has 0 spiro atoms. The number of hydrogen-bond donors (Lipinski definition) is 0. The summed E-state index contributed by atoms with van der Waals surface area (Å²) in [7, 11) is 0. The summed E-state index contributed by atoms with van der Waals surface area (Å²) in [6, 6.07) is 0. The Bertz CT molecular complexity index is 84.5. The first-order valence-corrected chi connectivity index (χ1v) is 1.55. The minimum Gasteiger partial charge on any atom is -0.225 e. The summed E-state index contributed by atoms with van der Waals surface area (Å²) in [5.41, 5.74) is 0. The van der Waals surface area contributed by atoms with E-state index in [9.17, 15) is 0 Å². The zero-order chi connectivity index (χ0) is 4.24. The molecule has 0 unspecified atom stereocenters. The molecule has 0 fully saturated rings. The average molecular weight is 127 g/mol. The van der Waals surface area contributed by atoms with Crippen molar-refractivity contribution in [2.75, 3.05) is 0 Å².